The third-order valence-corrected chi connectivity index (χ3v) is 5.35. The van der Waals surface area contributed by atoms with E-state index in [0.717, 1.165) is 13.2 Å². The van der Waals surface area contributed by atoms with Crippen LogP contribution in [0.3, 0.4) is 0 Å². The molecular formula is C18H16O. The largest absolute Gasteiger partial charge is 0.380 e. The van der Waals surface area contributed by atoms with Gasteiger partial charge in [0.1, 0.15) is 0 Å². The first-order valence-corrected chi connectivity index (χ1v) is 7.10. The number of ether oxygens (including phenoxy) is 1. The fourth-order valence-electron chi connectivity index (χ4n) is 4.62. The van der Waals surface area contributed by atoms with Crippen LogP contribution in [0.2, 0.25) is 0 Å². The average Bonchev–Trinajstić information content (AvgIpc) is 2.66. The van der Waals surface area contributed by atoms with E-state index in [1.54, 1.807) is 11.1 Å². The second-order valence-electron chi connectivity index (χ2n) is 6.52. The molecule has 1 aliphatic heterocycles. The lowest BCUT2D eigenvalue weighted by molar-refractivity contribution is -0.180. The molecule has 1 heteroatoms. The first kappa shape index (κ1) is 10.2. The van der Waals surface area contributed by atoms with E-state index in [1.807, 2.05) is 0 Å². The number of hydrogen-bond acceptors (Lipinski definition) is 1. The van der Waals surface area contributed by atoms with Crippen LogP contribution in [-0.4, -0.2) is 13.2 Å². The molecule has 1 saturated carbocycles. The molecule has 0 atom stereocenters. The summed E-state index contributed by atoms with van der Waals surface area (Å²) < 4.78 is 5.46. The minimum absolute atomic E-state index is 0.289. The molecule has 2 fully saturated rings. The van der Waals surface area contributed by atoms with E-state index in [-0.39, 0.29) is 5.41 Å². The maximum Gasteiger partial charge on any atom is 0.0545 e. The SMILES string of the molecule is c1ccc2c(c1)-c1ccccc1C21CC2(COC2)C1. The number of benzene rings is 2. The molecule has 19 heavy (non-hydrogen) atoms. The summed E-state index contributed by atoms with van der Waals surface area (Å²) in [5.74, 6) is 0. The van der Waals surface area contributed by atoms with Crippen LogP contribution < -0.4 is 0 Å². The molecule has 1 heterocycles. The van der Waals surface area contributed by atoms with Gasteiger partial charge in [0, 0.05) is 10.8 Å². The van der Waals surface area contributed by atoms with Crippen molar-refractivity contribution in [2.75, 3.05) is 13.2 Å². The molecule has 2 aliphatic carbocycles. The van der Waals surface area contributed by atoms with Gasteiger partial charge in [0.05, 0.1) is 13.2 Å². The predicted molar refractivity (Wildman–Crippen MR) is 75.1 cm³/mol. The lowest BCUT2D eigenvalue weighted by Gasteiger charge is -2.60. The van der Waals surface area contributed by atoms with Gasteiger partial charge in [-0.25, -0.2) is 0 Å². The van der Waals surface area contributed by atoms with E-state index in [0.29, 0.717) is 5.41 Å². The van der Waals surface area contributed by atoms with Gasteiger partial charge in [-0.2, -0.15) is 0 Å². The van der Waals surface area contributed by atoms with Crippen LogP contribution in [0.25, 0.3) is 11.1 Å². The molecular weight excluding hydrogens is 232 g/mol. The lowest BCUT2D eigenvalue weighted by atomic mass is 9.48. The van der Waals surface area contributed by atoms with Gasteiger partial charge in [-0.05, 0) is 35.1 Å². The summed E-state index contributed by atoms with van der Waals surface area (Å²) in [6, 6.07) is 17.9. The first-order valence-electron chi connectivity index (χ1n) is 7.10. The Morgan fingerprint density at radius 2 is 1.26 bits per heavy atom. The lowest BCUT2D eigenvalue weighted by Crippen LogP contribution is -2.59. The van der Waals surface area contributed by atoms with E-state index in [9.17, 15) is 0 Å². The summed E-state index contributed by atoms with van der Waals surface area (Å²) in [4.78, 5) is 0. The molecule has 5 rings (SSSR count). The van der Waals surface area contributed by atoms with Crippen LogP contribution in [0.5, 0.6) is 0 Å². The molecule has 0 bridgehead atoms. The molecule has 1 saturated heterocycles. The van der Waals surface area contributed by atoms with Crippen LogP contribution in [0.4, 0.5) is 0 Å². The maximum absolute atomic E-state index is 5.46. The normalized spacial score (nSPS) is 23.6. The Bertz CT molecular complexity index is 626. The van der Waals surface area contributed by atoms with Crippen LogP contribution >= 0.6 is 0 Å². The fraction of sp³-hybridized carbons (Fsp3) is 0.333. The molecule has 0 aromatic heterocycles. The smallest absolute Gasteiger partial charge is 0.0545 e. The highest BCUT2D eigenvalue weighted by Crippen LogP contribution is 2.67. The second kappa shape index (κ2) is 3.10. The van der Waals surface area contributed by atoms with E-state index in [1.165, 1.54) is 24.0 Å². The molecule has 0 unspecified atom stereocenters. The van der Waals surface area contributed by atoms with Gasteiger partial charge in [0.2, 0.25) is 0 Å². The predicted octanol–water partition coefficient (Wildman–Crippen LogP) is 3.76. The van der Waals surface area contributed by atoms with Crippen LogP contribution in [0, 0.1) is 5.41 Å². The van der Waals surface area contributed by atoms with Crippen molar-refractivity contribution in [1.82, 2.24) is 0 Å². The summed E-state index contributed by atoms with van der Waals surface area (Å²) >= 11 is 0. The summed E-state index contributed by atoms with van der Waals surface area (Å²) in [5.41, 5.74) is 6.78. The third-order valence-electron chi connectivity index (χ3n) is 5.35. The van der Waals surface area contributed by atoms with Crippen molar-refractivity contribution in [2.45, 2.75) is 18.3 Å². The molecule has 1 nitrogen and oxygen atoms in total. The van der Waals surface area contributed by atoms with Crippen molar-refractivity contribution in [3.63, 3.8) is 0 Å². The molecule has 3 aliphatic rings. The van der Waals surface area contributed by atoms with Crippen LogP contribution in [-0.2, 0) is 10.2 Å². The Morgan fingerprint density at radius 3 is 1.74 bits per heavy atom. The molecule has 2 aromatic rings. The fourth-order valence-corrected chi connectivity index (χ4v) is 4.62. The Balaban J connectivity index is 1.74. The third kappa shape index (κ3) is 1.07. The van der Waals surface area contributed by atoms with Crippen molar-refractivity contribution >= 4 is 0 Å². The van der Waals surface area contributed by atoms with E-state index in [2.05, 4.69) is 48.5 Å². The summed E-state index contributed by atoms with van der Waals surface area (Å²) in [5, 5.41) is 0. The zero-order valence-corrected chi connectivity index (χ0v) is 10.9. The van der Waals surface area contributed by atoms with Crippen molar-refractivity contribution in [2.24, 2.45) is 5.41 Å². The van der Waals surface area contributed by atoms with Gasteiger partial charge in [0.25, 0.3) is 0 Å². The van der Waals surface area contributed by atoms with Crippen molar-refractivity contribution in [3.05, 3.63) is 59.7 Å². The minimum atomic E-state index is 0.289. The second-order valence-corrected chi connectivity index (χ2v) is 6.52. The van der Waals surface area contributed by atoms with Crippen molar-refractivity contribution in [1.29, 1.82) is 0 Å². The number of hydrogen-bond donors (Lipinski definition) is 0. The monoisotopic (exact) mass is 248 g/mol. The Hall–Kier alpha value is -1.60. The van der Waals surface area contributed by atoms with Crippen LogP contribution in [0.1, 0.15) is 24.0 Å². The van der Waals surface area contributed by atoms with E-state index < -0.39 is 0 Å². The summed E-state index contributed by atoms with van der Waals surface area (Å²) in [6.45, 7) is 1.94. The Morgan fingerprint density at radius 1 is 0.737 bits per heavy atom. The summed E-state index contributed by atoms with van der Waals surface area (Å²) in [7, 11) is 0. The zero-order valence-electron chi connectivity index (χ0n) is 10.9. The maximum atomic E-state index is 5.46. The molecule has 0 N–H and O–H groups in total. The highest BCUT2D eigenvalue weighted by atomic mass is 16.5. The molecule has 0 radical (unpaired) electrons. The highest BCUT2D eigenvalue weighted by Gasteiger charge is 2.62. The highest BCUT2D eigenvalue weighted by molar-refractivity contribution is 5.81. The topological polar surface area (TPSA) is 9.23 Å². The average molecular weight is 248 g/mol. The molecule has 94 valence electrons. The van der Waals surface area contributed by atoms with E-state index in [4.69, 9.17) is 4.74 Å². The molecule has 2 spiro atoms. The zero-order chi connectivity index (χ0) is 12.5. The van der Waals surface area contributed by atoms with Crippen LogP contribution in [0.15, 0.2) is 48.5 Å². The van der Waals surface area contributed by atoms with Gasteiger partial charge in [-0.1, -0.05) is 48.5 Å². The van der Waals surface area contributed by atoms with Gasteiger partial charge >= 0.3 is 0 Å². The van der Waals surface area contributed by atoms with E-state index >= 15 is 0 Å². The summed E-state index contributed by atoms with van der Waals surface area (Å²) in [6.07, 6.45) is 2.54. The van der Waals surface area contributed by atoms with Crippen molar-refractivity contribution < 1.29 is 4.74 Å². The Labute approximate surface area is 113 Å². The molecule has 0 amide bonds. The number of rotatable bonds is 0. The van der Waals surface area contributed by atoms with Gasteiger partial charge in [0.15, 0.2) is 0 Å². The quantitative estimate of drug-likeness (QED) is 0.689. The Kier molecular flexibility index (Phi) is 1.67. The molecule has 2 aromatic carbocycles. The van der Waals surface area contributed by atoms with Crippen molar-refractivity contribution in [3.8, 4) is 11.1 Å². The standard InChI is InChI=1S/C18H16O/c1-3-7-15-13(5-1)14-6-2-4-8-16(14)18(15)9-17(10-18)11-19-12-17/h1-8H,9-12H2. The minimum Gasteiger partial charge on any atom is -0.380 e. The van der Waals surface area contributed by atoms with Gasteiger partial charge < -0.3 is 4.74 Å². The van der Waals surface area contributed by atoms with Gasteiger partial charge in [-0.15, -0.1) is 0 Å². The number of fused-ring (bicyclic) bond motifs is 5. The van der Waals surface area contributed by atoms with Gasteiger partial charge in [-0.3, -0.25) is 0 Å². The first-order chi connectivity index (χ1) is 9.33.